The van der Waals surface area contributed by atoms with Gasteiger partial charge in [-0.15, -0.1) is 12.4 Å². The molecule has 0 aliphatic carbocycles. The summed E-state index contributed by atoms with van der Waals surface area (Å²) in [6.07, 6.45) is 0.153. The lowest BCUT2D eigenvalue weighted by molar-refractivity contribution is -0.134. The fourth-order valence-electron chi connectivity index (χ4n) is 2.88. The SMILES string of the molecule is Cl.O=C(C1CC(F)(F)CN1)N1CCc2c(ccc(Cl)c2Cl)C1. The van der Waals surface area contributed by atoms with Gasteiger partial charge in [0.1, 0.15) is 0 Å². The first-order valence-corrected chi connectivity index (χ1v) is 7.49. The molecule has 1 N–H and O–H groups in total. The summed E-state index contributed by atoms with van der Waals surface area (Å²) in [7, 11) is 0. The minimum Gasteiger partial charge on any atom is -0.337 e. The monoisotopic (exact) mass is 370 g/mol. The van der Waals surface area contributed by atoms with Crippen LogP contribution in [0.5, 0.6) is 0 Å². The van der Waals surface area contributed by atoms with Crippen molar-refractivity contribution in [3.63, 3.8) is 0 Å². The van der Waals surface area contributed by atoms with Crippen LogP contribution < -0.4 is 5.32 Å². The second-order valence-electron chi connectivity index (χ2n) is 5.50. The lowest BCUT2D eigenvalue weighted by atomic mass is 9.99. The van der Waals surface area contributed by atoms with E-state index in [0.29, 0.717) is 29.6 Å². The van der Waals surface area contributed by atoms with Crippen LogP contribution in [0.4, 0.5) is 8.78 Å². The van der Waals surface area contributed by atoms with Gasteiger partial charge in [0.2, 0.25) is 5.91 Å². The third kappa shape index (κ3) is 3.32. The van der Waals surface area contributed by atoms with E-state index in [1.807, 2.05) is 6.07 Å². The zero-order valence-electron chi connectivity index (χ0n) is 11.5. The first kappa shape index (κ1) is 17.7. The predicted octanol–water partition coefficient (Wildman–Crippen LogP) is 3.30. The van der Waals surface area contributed by atoms with Crippen LogP contribution in [0.2, 0.25) is 10.0 Å². The number of benzene rings is 1. The van der Waals surface area contributed by atoms with E-state index in [2.05, 4.69) is 5.32 Å². The van der Waals surface area contributed by atoms with Crippen LogP contribution in [0.15, 0.2) is 12.1 Å². The number of nitrogens with zero attached hydrogens (tertiary/aromatic N) is 1. The summed E-state index contributed by atoms with van der Waals surface area (Å²) < 4.78 is 26.4. The van der Waals surface area contributed by atoms with Crippen LogP contribution in [0, 0.1) is 0 Å². The number of hydrogen-bond acceptors (Lipinski definition) is 2. The van der Waals surface area contributed by atoms with Gasteiger partial charge in [-0.3, -0.25) is 10.1 Å². The summed E-state index contributed by atoms with van der Waals surface area (Å²) in [4.78, 5) is 13.9. The molecule has 2 aliphatic heterocycles. The number of carbonyl (C=O) groups is 1. The van der Waals surface area contributed by atoms with Crippen LogP contribution in [0.1, 0.15) is 17.5 Å². The van der Waals surface area contributed by atoms with Crippen molar-refractivity contribution >= 4 is 41.5 Å². The Morgan fingerprint density at radius 1 is 1.36 bits per heavy atom. The molecule has 1 atom stereocenters. The number of halogens is 5. The molecular formula is C14H15Cl3F2N2O. The van der Waals surface area contributed by atoms with Crippen LogP contribution in [-0.2, 0) is 17.8 Å². The Bertz CT molecular complexity index is 598. The normalized spacial score (nSPS) is 22.9. The molecule has 0 saturated carbocycles. The lowest BCUT2D eigenvalue weighted by Gasteiger charge is -2.31. The molecule has 122 valence electrons. The summed E-state index contributed by atoms with van der Waals surface area (Å²) in [5.41, 5.74) is 1.87. The number of fused-ring (bicyclic) bond motifs is 1. The van der Waals surface area contributed by atoms with E-state index >= 15 is 0 Å². The summed E-state index contributed by atoms with van der Waals surface area (Å²) in [6.45, 7) is 0.416. The quantitative estimate of drug-likeness (QED) is 0.821. The largest absolute Gasteiger partial charge is 0.337 e. The molecule has 1 aromatic rings. The molecule has 8 heteroatoms. The first-order chi connectivity index (χ1) is 9.87. The van der Waals surface area contributed by atoms with E-state index < -0.39 is 24.9 Å². The summed E-state index contributed by atoms with van der Waals surface area (Å²) in [5.74, 6) is -3.07. The maximum Gasteiger partial charge on any atom is 0.262 e. The number of carbonyl (C=O) groups excluding carboxylic acids is 1. The van der Waals surface area contributed by atoms with E-state index in [0.717, 1.165) is 11.1 Å². The van der Waals surface area contributed by atoms with E-state index in [9.17, 15) is 13.6 Å². The van der Waals surface area contributed by atoms with Crippen LogP contribution in [-0.4, -0.2) is 35.9 Å². The van der Waals surface area contributed by atoms with Crippen molar-refractivity contribution in [3.8, 4) is 0 Å². The average Bonchev–Trinajstić information content (AvgIpc) is 2.82. The molecule has 2 aliphatic rings. The van der Waals surface area contributed by atoms with Gasteiger partial charge in [-0.2, -0.15) is 0 Å². The highest BCUT2D eigenvalue weighted by atomic mass is 35.5. The van der Waals surface area contributed by atoms with Crippen molar-refractivity contribution < 1.29 is 13.6 Å². The molecule has 2 heterocycles. The molecule has 3 rings (SSSR count). The topological polar surface area (TPSA) is 32.3 Å². The molecule has 0 spiro atoms. The fraction of sp³-hybridized carbons (Fsp3) is 0.500. The highest BCUT2D eigenvalue weighted by Gasteiger charge is 2.43. The molecule has 1 unspecified atom stereocenters. The minimum atomic E-state index is -2.80. The van der Waals surface area contributed by atoms with Crippen molar-refractivity contribution in [2.24, 2.45) is 0 Å². The predicted molar refractivity (Wildman–Crippen MR) is 84.2 cm³/mol. The summed E-state index contributed by atoms with van der Waals surface area (Å²) in [6, 6.07) is 2.72. The Morgan fingerprint density at radius 2 is 2.09 bits per heavy atom. The van der Waals surface area contributed by atoms with Gasteiger partial charge in [0, 0.05) is 19.5 Å². The number of amides is 1. The third-order valence-electron chi connectivity index (χ3n) is 4.01. The Morgan fingerprint density at radius 3 is 2.73 bits per heavy atom. The van der Waals surface area contributed by atoms with E-state index in [1.165, 1.54) is 0 Å². The maximum atomic E-state index is 13.2. The molecule has 0 radical (unpaired) electrons. The van der Waals surface area contributed by atoms with Gasteiger partial charge in [-0.1, -0.05) is 29.3 Å². The number of hydrogen-bond donors (Lipinski definition) is 1. The first-order valence-electron chi connectivity index (χ1n) is 6.73. The number of alkyl halides is 2. The standard InChI is InChI=1S/C14H14Cl2F2N2O.ClH/c15-10-2-1-8-6-20(4-3-9(8)12(10)16)13(21)11-5-14(17,18)7-19-11;/h1-2,11,19H,3-7H2;1H. The Hall–Kier alpha value is -0.620. The van der Waals surface area contributed by atoms with Gasteiger partial charge in [0.15, 0.2) is 0 Å². The average molecular weight is 372 g/mol. The van der Waals surface area contributed by atoms with Crippen LogP contribution in [0.3, 0.4) is 0 Å². The smallest absolute Gasteiger partial charge is 0.262 e. The molecule has 1 fully saturated rings. The van der Waals surface area contributed by atoms with Crippen molar-refractivity contribution in [1.82, 2.24) is 10.2 Å². The maximum absolute atomic E-state index is 13.2. The van der Waals surface area contributed by atoms with Crippen molar-refractivity contribution in [2.45, 2.75) is 31.4 Å². The number of rotatable bonds is 1. The molecule has 22 heavy (non-hydrogen) atoms. The zero-order chi connectivity index (χ0) is 15.2. The van der Waals surface area contributed by atoms with E-state index in [1.54, 1.807) is 11.0 Å². The molecule has 1 saturated heterocycles. The lowest BCUT2D eigenvalue weighted by Crippen LogP contribution is -2.45. The summed E-state index contributed by atoms with van der Waals surface area (Å²) in [5, 5.41) is 3.61. The van der Waals surface area contributed by atoms with Crippen LogP contribution in [0.25, 0.3) is 0 Å². The Balaban J connectivity index is 0.00000176. The molecular weight excluding hydrogens is 357 g/mol. The van der Waals surface area contributed by atoms with Crippen molar-refractivity contribution in [3.05, 3.63) is 33.3 Å². The molecule has 0 bridgehead atoms. The van der Waals surface area contributed by atoms with Gasteiger partial charge >= 0.3 is 0 Å². The second-order valence-corrected chi connectivity index (χ2v) is 6.29. The van der Waals surface area contributed by atoms with Crippen molar-refractivity contribution in [1.29, 1.82) is 0 Å². The van der Waals surface area contributed by atoms with Gasteiger partial charge in [0.05, 0.1) is 22.6 Å². The van der Waals surface area contributed by atoms with E-state index in [4.69, 9.17) is 23.2 Å². The number of nitrogens with one attached hydrogen (secondary N) is 1. The molecule has 1 amide bonds. The van der Waals surface area contributed by atoms with Gasteiger partial charge in [-0.05, 0) is 23.6 Å². The summed E-state index contributed by atoms with van der Waals surface area (Å²) >= 11 is 12.1. The molecule has 0 aromatic heterocycles. The minimum absolute atomic E-state index is 0. The Labute approximate surface area is 143 Å². The molecule has 3 nitrogen and oxygen atoms in total. The highest BCUT2D eigenvalue weighted by molar-refractivity contribution is 6.42. The highest BCUT2D eigenvalue weighted by Crippen LogP contribution is 2.33. The zero-order valence-corrected chi connectivity index (χ0v) is 13.9. The van der Waals surface area contributed by atoms with Crippen LogP contribution >= 0.6 is 35.6 Å². The van der Waals surface area contributed by atoms with Gasteiger partial charge < -0.3 is 4.90 Å². The fourth-order valence-corrected chi connectivity index (χ4v) is 3.34. The van der Waals surface area contributed by atoms with Gasteiger partial charge in [-0.25, -0.2) is 8.78 Å². The second kappa shape index (κ2) is 6.48. The van der Waals surface area contributed by atoms with Gasteiger partial charge in [0.25, 0.3) is 5.92 Å². The van der Waals surface area contributed by atoms with Crippen molar-refractivity contribution in [2.75, 3.05) is 13.1 Å². The molecule has 1 aromatic carbocycles. The third-order valence-corrected chi connectivity index (χ3v) is 4.85. The van der Waals surface area contributed by atoms with E-state index in [-0.39, 0.29) is 18.3 Å². The Kier molecular flexibility index (Phi) is 5.22.